The van der Waals surface area contributed by atoms with Crippen LogP contribution in [0.5, 0.6) is 0 Å². The van der Waals surface area contributed by atoms with E-state index >= 15 is 0 Å². The number of nitrogens with one attached hydrogen (secondary N) is 2. The lowest BCUT2D eigenvalue weighted by molar-refractivity contribution is -0.115. The molecule has 0 unspecified atom stereocenters. The number of hydrazine groups is 1. The quantitative estimate of drug-likeness (QED) is 0.335. The van der Waals surface area contributed by atoms with Crippen LogP contribution >= 0.6 is 12.2 Å². The summed E-state index contributed by atoms with van der Waals surface area (Å²) in [6, 6.07) is 9.42. The van der Waals surface area contributed by atoms with Crippen LogP contribution in [0, 0.1) is 0 Å². The minimum Gasteiger partial charge on any atom is -0.367 e. The predicted octanol–water partition coefficient (Wildman–Crippen LogP) is 1.13. The molecule has 0 saturated heterocycles. The first-order valence-electron chi connectivity index (χ1n) is 5.96. The van der Waals surface area contributed by atoms with Crippen molar-refractivity contribution in [1.29, 1.82) is 0 Å². The number of guanidine groups is 1. The van der Waals surface area contributed by atoms with Crippen molar-refractivity contribution in [1.82, 2.24) is 10.9 Å². The van der Waals surface area contributed by atoms with Crippen molar-refractivity contribution >= 4 is 34.7 Å². The molecule has 0 aliphatic rings. The van der Waals surface area contributed by atoms with Gasteiger partial charge in [0, 0.05) is 17.7 Å². The lowest BCUT2D eigenvalue weighted by Gasteiger charge is -2.09. The normalized spacial score (nSPS) is 11.9. The average Bonchev–Trinajstić information content (AvgIpc) is 2.42. The van der Waals surface area contributed by atoms with Crippen LogP contribution in [0.4, 0.5) is 0 Å². The summed E-state index contributed by atoms with van der Waals surface area (Å²) in [6.45, 7) is 3.20. The SMILES string of the molecule is CC(=O)CC(C)=N/N=C(\N)NNC(=S)c1ccccc1. The van der Waals surface area contributed by atoms with E-state index in [0.717, 1.165) is 5.56 Å². The van der Waals surface area contributed by atoms with Gasteiger partial charge in [-0.15, -0.1) is 5.10 Å². The van der Waals surface area contributed by atoms with Crippen molar-refractivity contribution in [2.45, 2.75) is 20.3 Å². The number of thiocarbonyl (C=S) groups is 1. The Morgan fingerprint density at radius 2 is 1.85 bits per heavy atom. The van der Waals surface area contributed by atoms with Crippen molar-refractivity contribution in [3.63, 3.8) is 0 Å². The van der Waals surface area contributed by atoms with E-state index in [-0.39, 0.29) is 18.2 Å². The number of carbonyl (C=O) groups is 1. The van der Waals surface area contributed by atoms with E-state index < -0.39 is 0 Å². The second-order valence-electron chi connectivity index (χ2n) is 4.14. The van der Waals surface area contributed by atoms with Gasteiger partial charge in [0.15, 0.2) is 0 Å². The van der Waals surface area contributed by atoms with Crippen LogP contribution in [-0.2, 0) is 4.79 Å². The highest BCUT2D eigenvalue weighted by Crippen LogP contribution is 1.98. The molecule has 1 rings (SSSR count). The molecule has 0 aliphatic heterocycles. The Morgan fingerprint density at radius 1 is 1.20 bits per heavy atom. The van der Waals surface area contributed by atoms with E-state index in [1.165, 1.54) is 6.92 Å². The van der Waals surface area contributed by atoms with Gasteiger partial charge in [0.05, 0.1) is 0 Å². The maximum absolute atomic E-state index is 10.9. The summed E-state index contributed by atoms with van der Waals surface area (Å²) < 4.78 is 0. The van der Waals surface area contributed by atoms with E-state index in [1.54, 1.807) is 6.92 Å². The molecule has 1 aromatic carbocycles. The standard InChI is InChI=1S/C13H17N5OS/c1-9(8-10(2)19)15-17-13(14)18-16-12(20)11-6-4-3-5-7-11/h3-7H,8H2,1-2H3,(H,16,20)(H3,14,17,18). The molecule has 0 atom stereocenters. The van der Waals surface area contributed by atoms with Crippen LogP contribution in [0.25, 0.3) is 0 Å². The molecule has 106 valence electrons. The van der Waals surface area contributed by atoms with Gasteiger partial charge in [0.2, 0.25) is 5.96 Å². The van der Waals surface area contributed by atoms with Crippen molar-refractivity contribution in [2.75, 3.05) is 0 Å². The maximum atomic E-state index is 10.9. The van der Waals surface area contributed by atoms with Gasteiger partial charge >= 0.3 is 0 Å². The minimum absolute atomic E-state index is 0.0244. The van der Waals surface area contributed by atoms with E-state index in [1.807, 2.05) is 30.3 Å². The summed E-state index contributed by atoms with van der Waals surface area (Å²) in [7, 11) is 0. The van der Waals surface area contributed by atoms with Crippen molar-refractivity contribution < 1.29 is 4.79 Å². The molecule has 0 spiro atoms. The molecule has 0 bridgehead atoms. The molecule has 4 N–H and O–H groups in total. The fourth-order valence-corrected chi connectivity index (χ4v) is 1.53. The fraction of sp³-hybridized carbons (Fsp3) is 0.231. The van der Waals surface area contributed by atoms with Gasteiger partial charge in [-0.25, -0.2) is 0 Å². The highest BCUT2D eigenvalue weighted by molar-refractivity contribution is 7.80. The number of nitrogens with two attached hydrogens (primary N) is 1. The molecule has 7 heteroatoms. The number of rotatable bonds is 4. The van der Waals surface area contributed by atoms with Gasteiger partial charge in [0.25, 0.3) is 0 Å². The van der Waals surface area contributed by atoms with E-state index in [0.29, 0.717) is 10.7 Å². The summed E-state index contributed by atoms with van der Waals surface area (Å²) in [5.74, 6) is 0.0857. The summed E-state index contributed by atoms with van der Waals surface area (Å²) in [5, 5.41) is 7.57. The van der Waals surface area contributed by atoms with Crippen LogP contribution in [0.1, 0.15) is 25.8 Å². The van der Waals surface area contributed by atoms with Crippen LogP contribution in [-0.4, -0.2) is 22.4 Å². The first-order valence-corrected chi connectivity index (χ1v) is 6.37. The average molecular weight is 291 g/mol. The van der Waals surface area contributed by atoms with Crippen molar-refractivity contribution in [2.24, 2.45) is 15.9 Å². The first kappa shape index (κ1) is 15.8. The molecular formula is C13H17N5OS. The number of benzene rings is 1. The fourth-order valence-electron chi connectivity index (χ4n) is 1.34. The zero-order valence-electron chi connectivity index (χ0n) is 11.4. The number of hydrogen-bond donors (Lipinski definition) is 3. The number of nitrogens with zero attached hydrogens (tertiary/aromatic N) is 2. The van der Waals surface area contributed by atoms with Gasteiger partial charge in [-0.3, -0.25) is 15.6 Å². The third-order valence-corrected chi connectivity index (χ3v) is 2.51. The highest BCUT2D eigenvalue weighted by Gasteiger charge is 2.00. The Morgan fingerprint density at radius 3 is 2.45 bits per heavy atom. The number of carbonyl (C=O) groups excluding carboxylic acids is 1. The van der Waals surface area contributed by atoms with Crippen LogP contribution < -0.4 is 16.6 Å². The summed E-state index contributed by atoms with van der Waals surface area (Å²) >= 11 is 5.17. The zero-order valence-corrected chi connectivity index (χ0v) is 12.2. The molecule has 0 heterocycles. The molecule has 0 aromatic heterocycles. The Bertz CT molecular complexity index is 539. The first-order chi connectivity index (χ1) is 9.49. The van der Waals surface area contributed by atoms with E-state index in [2.05, 4.69) is 21.1 Å². The van der Waals surface area contributed by atoms with Crippen LogP contribution in [0.3, 0.4) is 0 Å². The summed E-state index contributed by atoms with van der Waals surface area (Å²) in [5.41, 5.74) is 12.4. The maximum Gasteiger partial charge on any atom is 0.232 e. The second kappa shape index (κ2) is 8.00. The second-order valence-corrected chi connectivity index (χ2v) is 4.55. The van der Waals surface area contributed by atoms with Crippen molar-refractivity contribution in [3.05, 3.63) is 35.9 Å². The van der Waals surface area contributed by atoms with E-state index in [4.69, 9.17) is 18.0 Å². The van der Waals surface area contributed by atoms with Crippen molar-refractivity contribution in [3.8, 4) is 0 Å². The highest BCUT2D eigenvalue weighted by atomic mass is 32.1. The molecule has 1 aromatic rings. The third kappa shape index (κ3) is 6.05. The minimum atomic E-state index is 0.0244. The molecule has 6 nitrogen and oxygen atoms in total. The lowest BCUT2D eigenvalue weighted by Crippen LogP contribution is -2.45. The number of hydrogen-bond acceptors (Lipinski definition) is 4. The zero-order chi connectivity index (χ0) is 15.0. The topological polar surface area (TPSA) is 91.9 Å². The lowest BCUT2D eigenvalue weighted by atomic mass is 10.2. The largest absolute Gasteiger partial charge is 0.367 e. The number of Topliss-reactive ketones (excluding diaryl/α,β-unsaturated/α-hetero) is 1. The summed E-state index contributed by atoms with van der Waals surface area (Å²) in [6.07, 6.45) is 0.257. The predicted molar refractivity (Wildman–Crippen MR) is 84.4 cm³/mol. The van der Waals surface area contributed by atoms with Gasteiger partial charge in [0.1, 0.15) is 10.8 Å². The summed E-state index contributed by atoms with van der Waals surface area (Å²) in [4.78, 5) is 11.4. The Kier molecular flexibility index (Phi) is 6.31. The van der Waals surface area contributed by atoms with Gasteiger partial charge in [-0.1, -0.05) is 42.5 Å². The van der Waals surface area contributed by atoms with Gasteiger partial charge in [-0.2, -0.15) is 5.10 Å². The Balaban J connectivity index is 2.49. The molecule has 0 fully saturated rings. The number of ketones is 1. The monoisotopic (exact) mass is 291 g/mol. The van der Waals surface area contributed by atoms with Crippen LogP contribution in [0.2, 0.25) is 0 Å². The molecule has 0 aliphatic carbocycles. The third-order valence-electron chi connectivity index (χ3n) is 2.17. The molecule has 20 heavy (non-hydrogen) atoms. The molecule has 0 radical (unpaired) electrons. The van der Waals surface area contributed by atoms with Gasteiger partial charge < -0.3 is 5.73 Å². The Labute approximate surface area is 123 Å². The Hall–Kier alpha value is -2.28. The smallest absolute Gasteiger partial charge is 0.232 e. The molecular weight excluding hydrogens is 274 g/mol. The van der Waals surface area contributed by atoms with E-state index in [9.17, 15) is 4.79 Å². The van der Waals surface area contributed by atoms with Gasteiger partial charge in [-0.05, 0) is 13.8 Å². The molecule has 0 saturated carbocycles. The van der Waals surface area contributed by atoms with Crippen LogP contribution in [0.15, 0.2) is 40.5 Å². The molecule has 0 amide bonds.